The van der Waals surface area contributed by atoms with Crippen LogP contribution < -0.4 is 5.43 Å². The quantitative estimate of drug-likeness (QED) is 0.869. The number of carbonyl (C=O) groups excluding carboxylic acids is 1. The molecule has 26 heavy (non-hydrogen) atoms. The molecule has 1 aromatic heterocycles. The molecule has 3 heterocycles. The third-order valence-corrected chi connectivity index (χ3v) is 5.83. The molecule has 2 saturated heterocycles. The summed E-state index contributed by atoms with van der Waals surface area (Å²) >= 11 is 0. The highest BCUT2D eigenvalue weighted by atomic mass is 16.5. The van der Waals surface area contributed by atoms with Gasteiger partial charge >= 0.3 is 0 Å². The van der Waals surface area contributed by atoms with Gasteiger partial charge in [0.25, 0.3) is 0 Å². The van der Waals surface area contributed by atoms with Crippen LogP contribution in [0.15, 0.2) is 11.0 Å². The fourth-order valence-corrected chi connectivity index (χ4v) is 3.92. The molecule has 1 N–H and O–H groups in total. The second kappa shape index (κ2) is 8.82. The Labute approximate surface area is 155 Å². The van der Waals surface area contributed by atoms with Crippen molar-refractivity contribution in [1.29, 1.82) is 0 Å². The zero-order valence-corrected chi connectivity index (χ0v) is 16.1. The molecule has 2 aliphatic rings. The lowest BCUT2D eigenvalue weighted by atomic mass is 9.91. The molecule has 1 amide bonds. The van der Waals surface area contributed by atoms with Crippen molar-refractivity contribution >= 4 is 5.91 Å². The second-order valence-electron chi connectivity index (χ2n) is 7.66. The molecule has 3 rings (SSSR count). The Bertz CT molecular complexity index is 671. The molecule has 0 aliphatic carbocycles. The Balaban J connectivity index is 1.42. The van der Waals surface area contributed by atoms with E-state index < -0.39 is 0 Å². The molecule has 144 valence electrons. The lowest BCUT2D eigenvalue weighted by molar-refractivity contribution is -0.135. The Hall–Kier alpha value is -1.66. The zero-order chi connectivity index (χ0) is 18.5. The summed E-state index contributed by atoms with van der Waals surface area (Å²) in [5, 5.41) is 0. The molecule has 0 aromatic carbocycles. The first-order valence-electron chi connectivity index (χ1n) is 9.80. The number of nitrogens with zero attached hydrogens (tertiary/aromatic N) is 2. The van der Waals surface area contributed by atoms with Gasteiger partial charge in [0.15, 0.2) is 5.43 Å². The minimum absolute atomic E-state index is 0.148. The highest BCUT2D eigenvalue weighted by Crippen LogP contribution is 2.23. The molecule has 0 saturated carbocycles. The summed E-state index contributed by atoms with van der Waals surface area (Å²) in [7, 11) is 0. The number of H-pyrrole nitrogens is 1. The van der Waals surface area contributed by atoms with Crippen LogP contribution in [0.1, 0.15) is 42.5 Å². The fourth-order valence-electron chi connectivity index (χ4n) is 3.92. The van der Waals surface area contributed by atoms with Crippen molar-refractivity contribution in [2.24, 2.45) is 5.92 Å². The minimum Gasteiger partial charge on any atom is -0.378 e. The van der Waals surface area contributed by atoms with Crippen LogP contribution in [0.4, 0.5) is 0 Å². The van der Waals surface area contributed by atoms with Crippen molar-refractivity contribution in [2.75, 3.05) is 39.4 Å². The molecule has 1 aromatic rings. The van der Waals surface area contributed by atoms with Crippen molar-refractivity contribution in [3.63, 3.8) is 0 Å². The number of amides is 1. The summed E-state index contributed by atoms with van der Waals surface area (Å²) in [5.74, 6) is 0.915. The highest BCUT2D eigenvalue weighted by Gasteiger charge is 2.23. The van der Waals surface area contributed by atoms with Crippen LogP contribution in [0.3, 0.4) is 0 Å². The average Bonchev–Trinajstić information content (AvgIpc) is 2.68. The molecule has 0 atom stereocenters. The molecule has 2 fully saturated rings. The summed E-state index contributed by atoms with van der Waals surface area (Å²) in [6.07, 6.45) is 5.73. The number of hydrogen-bond donors (Lipinski definition) is 1. The van der Waals surface area contributed by atoms with Crippen LogP contribution in [0, 0.1) is 19.8 Å². The Morgan fingerprint density at radius 3 is 2.58 bits per heavy atom. The van der Waals surface area contributed by atoms with Crippen LogP contribution in [0.2, 0.25) is 0 Å². The number of ether oxygens (including phenoxy) is 1. The largest absolute Gasteiger partial charge is 0.378 e. The fraction of sp³-hybridized carbons (Fsp3) is 0.700. The summed E-state index contributed by atoms with van der Waals surface area (Å²) in [6.45, 7) is 9.45. The zero-order valence-electron chi connectivity index (χ0n) is 16.1. The molecule has 0 spiro atoms. The van der Waals surface area contributed by atoms with E-state index in [1.807, 2.05) is 24.9 Å². The Morgan fingerprint density at radius 1 is 1.19 bits per heavy atom. The third-order valence-electron chi connectivity index (χ3n) is 5.83. The first-order valence-corrected chi connectivity index (χ1v) is 9.80. The van der Waals surface area contributed by atoms with Crippen molar-refractivity contribution in [1.82, 2.24) is 14.8 Å². The Morgan fingerprint density at radius 2 is 1.88 bits per heavy atom. The molecular weight excluding hydrogens is 330 g/mol. The standard InChI is InChI=1S/C20H31N3O3/c1-15-13-21-18(16(2)20(15)25)14-22-7-5-17(6-8-22)3-4-19(24)23-9-11-26-12-10-23/h13,17H,3-12,14H2,1-2H3,(H,21,25). The van der Waals surface area contributed by atoms with E-state index in [0.29, 0.717) is 25.6 Å². The van der Waals surface area contributed by atoms with Gasteiger partial charge in [0.1, 0.15) is 0 Å². The van der Waals surface area contributed by atoms with E-state index in [4.69, 9.17) is 4.74 Å². The highest BCUT2D eigenvalue weighted by molar-refractivity contribution is 5.76. The number of likely N-dealkylation sites (tertiary alicyclic amines) is 1. The van der Waals surface area contributed by atoms with E-state index in [2.05, 4.69) is 9.88 Å². The Kier molecular flexibility index (Phi) is 6.48. The molecule has 0 unspecified atom stereocenters. The van der Waals surface area contributed by atoms with Crippen molar-refractivity contribution in [3.8, 4) is 0 Å². The van der Waals surface area contributed by atoms with Crippen LogP contribution in [-0.2, 0) is 16.1 Å². The number of aromatic nitrogens is 1. The van der Waals surface area contributed by atoms with Gasteiger partial charge in [-0.1, -0.05) is 0 Å². The smallest absolute Gasteiger partial charge is 0.222 e. The number of nitrogens with one attached hydrogen (secondary N) is 1. The maximum absolute atomic E-state index is 12.3. The van der Waals surface area contributed by atoms with Crippen molar-refractivity contribution in [2.45, 2.75) is 46.1 Å². The predicted molar refractivity (Wildman–Crippen MR) is 101 cm³/mol. The number of aryl methyl sites for hydroxylation is 1. The SMILES string of the molecule is Cc1c[nH]c(CN2CCC(CCC(=O)N3CCOCC3)CC2)c(C)c1=O. The summed E-state index contributed by atoms with van der Waals surface area (Å²) < 4.78 is 5.31. The van der Waals surface area contributed by atoms with Gasteiger partial charge in [0.05, 0.1) is 13.2 Å². The van der Waals surface area contributed by atoms with Crippen molar-refractivity contribution < 1.29 is 9.53 Å². The number of piperidine rings is 1. The molecule has 2 aliphatic heterocycles. The lowest BCUT2D eigenvalue weighted by Gasteiger charge is -2.33. The van der Waals surface area contributed by atoms with Crippen LogP contribution in [-0.4, -0.2) is 60.1 Å². The van der Waals surface area contributed by atoms with Gasteiger partial charge in [-0.2, -0.15) is 0 Å². The van der Waals surface area contributed by atoms with Gasteiger partial charge in [-0.15, -0.1) is 0 Å². The van der Waals surface area contributed by atoms with Gasteiger partial charge in [-0.3, -0.25) is 14.5 Å². The van der Waals surface area contributed by atoms with Gasteiger partial charge in [-0.25, -0.2) is 0 Å². The number of morpholine rings is 1. The second-order valence-corrected chi connectivity index (χ2v) is 7.66. The van der Waals surface area contributed by atoms with Crippen LogP contribution >= 0.6 is 0 Å². The molecule has 0 radical (unpaired) electrons. The van der Waals surface area contributed by atoms with E-state index in [9.17, 15) is 9.59 Å². The lowest BCUT2D eigenvalue weighted by Crippen LogP contribution is -2.41. The van der Waals surface area contributed by atoms with Crippen LogP contribution in [0.25, 0.3) is 0 Å². The molecule has 6 heteroatoms. The van der Waals surface area contributed by atoms with Gasteiger partial charge < -0.3 is 14.6 Å². The van der Waals surface area contributed by atoms with Crippen molar-refractivity contribution in [3.05, 3.63) is 33.2 Å². The first-order chi connectivity index (χ1) is 12.5. The van der Waals surface area contributed by atoms with Crippen LogP contribution in [0.5, 0.6) is 0 Å². The number of carbonyl (C=O) groups is 1. The van der Waals surface area contributed by atoms with Gasteiger partial charge in [-0.05, 0) is 52.1 Å². The molecular formula is C20H31N3O3. The number of hydrogen-bond acceptors (Lipinski definition) is 4. The number of rotatable bonds is 5. The van der Waals surface area contributed by atoms with E-state index in [1.54, 1.807) is 0 Å². The molecule has 0 bridgehead atoms. The van der Waals surface area contributed by atoms with E-state index in [1.165, 1.54) is 0 Å². The number of pyridine rings is 1. The normalized spacial score (nSPS) is 19.7. The topological polar surface area (TPSA) is 65.6 Å². The van der Waals surface area contributed by atoms with Gasteiger partial charge in [0, 0.05) is 49.1 Å². The number of aromatic amines is 1. The maximum atomic E-state index is 12.3. The predicted octanol–water partition coefficient (Wildman–Crippen LogP) is 1.84. The van der Waals surface area contributed by atoms with E-state index >= 15 is 0 Å². The minimum atomic E-state index is 0.148. The summed E-state index contributed by atoms with van der Waals surface area (Å²) in [6, 6.07) is 0. The van der Waals surface area contributed by atoms with E-state index in [-0.39, 0.29) is 11.3 Å². The average molecular weight is 361 g/mol. The van der Waals surface area contributed by atoms with Gasteiger partial charge in [0.2, 0.25) is 5.91 Å². The monoisotopic (exact) mass is 361 g/mol. The third kappa shape index (κ3) is 4.74. The maximum Gasteiger partial charge on any atom is 0.222 e. The van der Waals surface area contributed by atoms with E-state index in [0.717, 1.165) is 68.8 Å². The summed E-state index contributed by atoms with van der Waals surface area (Å²) in [5.41, 5.74) is 2.79. The molecule has 6 nitrogen and oxygen atoms in total. The summed E-state index contributed by atoms with van der Waals surface area (Å²) in [4.78, 5) is 32.0. The first kappa shape index (κ1) is 19.1.